The van der Waals surface area contributed by atoms with Crippen LogP contribution in [0.5, 0.6) is 17.2 Å². The van der Waals surface area contributed by atoms with Crippen LogP contribution in [-0.2, 0) is 58.5 Å². The summed E-state index contributed by atoms with van der Waals surface area (Å²) >= 11 is 9.34. The smallest absolute Gasteiger partial charge is 0.358 e. The van der Waals surface area contributed by atoms with Crippen molar-refractivity contribution < 1.29 is 68.0 Å². The van der Waals surface area contributed by atoms with Gasteiger partial charge in [0.15, 0.2) is 40.6 Å². The highest BCUT2D eigenvalue weighted by molar-refractivity contribution is 9.11. The zero-order chi connectivity index (χ0) is 52.9. The number of carbonyl (C=O) groups is 4. The second-order valence-electron chi connectivity index (χ2n) is 14.7. The van der Waals surface area contributed by atoms with Gasteiger partial charge in [0.05, 0.1) is 67.1 Å². The Balaban J connectivity index is 0.000000235. The van der Waals surface area contributed by atoms with Gasteiger partial charge in [-0.1, -0.05) is 91.0 Å². The summed E-state index contributed by atoms with van der Waals surface area (Å²) in [5, 5.41) is 37.1. The zero-order valence-corrected chi connectivity index (χ0v) is 43.4. The van der Waals surface area contributed by atoms with Crippen LogP contribution in [-0.4, -0.2) is 98.7 Å². The van der Waals surface area contributed by atoms with Gasteiger partial charge in [-0.25, -0.2) is 14.4 Å². The van der Waals surface area contributed by atoms with Crippen molar-refractivity contribution in [3.05, 3.63) is 187 Å². The van der Waals surface area contributed by atoms with Gasteiger partial charge >= 0.3 is 17.9 Å². The summed E-state index contributed by atoms with van der Waals surface area (Å²) in [6, 6.07) is 27.5. The summed E-state index contributed by atoms with van der Waals surface area (Å²) in [4.78, 5) is 84.2. The lowest BCUT2D eigenvalue weighted by molar-refractivity contribution is -0.108. The van der Waals surface area contributed by atoms with E-state index in [-0.39, 0.29) is 87.2 Å². The third-order valence-corrected chi connectivity index (χ3v) is 11.3. The molecule has 6 aromatic rings. The molecule has 3 aromatic heterocycles. The number of pyridine rings is 3. The molecular formula is C49H48Br3N3O17. The van der Waals surface area contributed by atoms with Crippen LogP contribution in [0.15, 0.2) is 137 Å². The Kier molecular flexibility index (Phi) is 23.3. The first kappa shape index (κ1) is 57.8. The number of aliphatic hydroxyl groups is 4. The van der Waals surface area contributed by atoms with E-state index in [4.69, 9.17) is 28.8 Å². The Labute approximate surface area is 435 Å². The average Bonchev–Trinajstić information content (AvgIpc) is 3.38. The molecular weight excluding hydrogens is 1140 g/mol. The fourth-order valence-electron chi connectivity index (χ4n) is 6.30. The summed E-state index contributed by atoms with van der Waals surface area (Å²) in [5.74, 6) is -2.91. The van der Waals surface area contributed by atoms with Crippen molar-refractivity contribution in [3.8, 4) is 17.2 Å². The highest BCUT2D eigenvalue weighted by Crippen LogP contribution is 2.24. The maximum atomic E-state index is 12.4. The lowest BCUT2D eigenvalue weighted by Crippen LogP contribution is -2.27. The van der Waals surface area contributed by atoms with Crippen molar-refractivity contribution in [1.82, 2.24) is 13.7 Å². The number of esters is 3. The fourth-order valence-corrected chi connectivity index (χ4v) is 7.58. The third kappa shape index (κ3) is 16.1. The molecule has 3 heterocycles. The van der Waals surface area contributed by atoms with Gasteiger partial charge in [0, 0.05) is 18.6 Å². The molecule has 0 radical (unpaired) electrons. The summed E-state index contributed by atoms with van der Waals surface area (Å²) in [5.41, 5.74) is 0.535. The molecule has 1 unspecified atom stereocenters. The summed E-state index contributed by atoms with van der Waals surface area (Å²) in [6.07, 6.45) is 1.78. The molecule has 6 rings (SSSR count). The maximum Gasteiger partial charge on any atom is 0.358 e. The standard InChI is InChI=1S/C17H18BrNO6.C16H16BrNO6.C16H14BrNO5/c1-24-17(23)14-16(25-10-11-5-3-2-4-6-11)15(22)13(18)8-19(14)7-12(21)9-20;1-23-16(22)13-15(24-9-10-5-3-2-4-6-10)14(21)11(17)7-18(13)8-12(19)20;1-22-16(21)13-15(23-10-11-5-3-2-4-6-11)14(20)12(17)9-18(13)7-8-19/h2-6,8,12,20-21H,7,9-10H2,1H3;2-7,12,19-20H,8-9H2,1H3;2-6,8-9H,7,10H2,1H3. The average molecular weight is 1190 g/mol. The number of aliphatic hydroxyl groups excluding tert-OH is 3. The highest BCUT2D eigenvalue weighted by Gasteiger charge is 2.27. The van der Waals surface area contributed by atoms with E-state index in [0.29, 0.717) is 6.29 Å². The lowest BCUT2D eigenvalue weighted by Gasteiger charge is -2.18. The van der Waals surface area contributed by atoms with E-state index in [2.05, 4.69) is 52.5 Å². The van der Waals surface area contributed by atoms with E-state index in [1.807, 2.05) is 91.0 Å². The molecule has 0 spiro atoms. The molecule has 0 saturated carbocycles. The van der Waals surface area contributed by atoms with Gasteiger partial charge in [0.2, 0.25) is 16.3 Å². The Morgan fingerprint density at radius 1 is 0.528 bits per heavy atom. The van der Waals surface area contributed by atoms with Crippen molar-refractivity contribution in [3.63, 3.8) is 0 Å². The Morgan fingerprint density at radius 2 is 0.833 bits per heavy atom. The molecule has 0 aliphatic rings. The molecule has 0 bridgehead atoms. The van der Waals surface area contributed by atoms with Crippen molar-refractivity contribution in [2.75, 3.05) is 27.9 Å². The predicted molar refractivity (Wildman–Crippen MR) is 269 cm³/mol. The second-order valence-corrected chi connectivity index (χ2v) is 17.3. The van der Waals surface area contributed by atoms with E-state index >= 15 is 0 Å². The number of nitrogens with zero attached hydrogens (tertiary/aromatic N) is 3. The topological polar surface area (TPSA) is 271 Å². The van der Waals surface area contributed by atoms with Crippen LogP contribution in [0.25, 0.3) is 0 Å². The molecule has 4 N–H and O–H groups in total. The lowest BCUT2D eigenvalue weighted by atomic mass is 10.2. The van der Waals surface area contributed by atoms with E-state index in [9.17, 15) is 48.9 Å². The van der Waals surface area contributed by atoms with Gasteiger partial charge in [-0.3, -0.25) is 14.4 Å². The Bertz CT molecular complexity index is 2970. The van der Waals surface area contributed by atoms with Crippen LogP contribution >= 0.6 is 47.8 Å². The molecule has 0 fully saturated rings. The number of hydrogen-bond donors (Lipinski definition) is 4. The summed E-state index contributed by atoms with van der Waals surface area (Å²) in [6.45, 7) is -0.781. The van der Waals surface area contributed by atoms with Crippen LogP contribution in [0.4, 0.5) is 0 Å². The number of hydrogen-bond acceptors (Lipinski definition) is 17. The summed E-state index contributed by atoms with van der Waals surface area (Å²) < 4.78 is 35.2. The Hall–Kier alpha value is -6.73. The van der Waals surface area contributed by atoms with Crippen molar-refractivity contribution in [2.24, 2.45) is 0 Å². The van der Waals surface area contributed by atoms with E-state index < -0.39 is 53.2 Å². The van der Waals surface area contributed by atoms with Gasteiger partial charge < -0.3 is 67.3 Å². The van der Waals surface area contributed by atoms with Gasteiger partial charge in [0.25, 0.3) is 0 Å². The number of ether oxygens (including phenoxy) is 6. The molecule has 72 heavy (non-hydrogen) atoms. The van der Waals surface area contributed by atoms with Crippen molar-refractivity contribution in [2.45, 2.75) is 51.8 Å². The van der Waals surface area contributed by atoms with Crippen LogP contribution in [0.2, 0.25) is 0 Å². The second kappa shape index (κ2) is 29.0. The van der Waals surface area contributed by atoms with E-state index in [1.165, 1.54) is 46.5 Å². The molecule has 1 atom stereocenters. The zero-order valence-electron chi connectivity index (χ0n) is 38.6. The quantitative estimate of drug-likeness (QED) is 0.0367. The molecule has 0 aliphatic carbocycles. The third-order valence-electron chi connectivity index (χ3n) is 9.65. The summed E-state index contributed by atoms with van der Waals surface area (Å²) in [7, 11) is 3.54. The molecule has 0 amide bonds. The van der Waals surface area contributed by atoms with E-state index in [1.54, 1.807) is 0 Å². The number of aldehydes is 1. The number of benzene rings is 3. The highest BCUT2D eigenvalue weighted by atomic mass is 79.9. The molecule has 20 nitrogen and oxygen atoms in total. The fraction of sp³-hybridized carbons (Fsp3) is 0.245. The predicted octanol–water partition coefficient (Wildman–Crippen LogP) is 4.79. The van der Waals surface area contributed by atoms with Crippen molar-refractivity contribution >= 4 is 72.0 Å². The van der Waals surface area contributed by atoms with E-state index in [0.717, 1.165) is 23.8 Å². The minimum Gasteiger partial charge on any atom is -0.482 e. The molecule has 3 aromatic carbocycles. The molecule has 23 heteroatoms. The largest absolute Gasteiger partial charge is 0.482 e. The Morgan fingerprint density at radius 3 is 1.12 bits per heavy atom. The van der Waals surface area contributed by atoms with Gasteiger partial charge in [-0.05, 0) is 64.5 Å². The normalized spacial score (nSPS) is 10.9. The first-order chi connectivity index (χ1) is 34.5. The van der Waals surface area contributed by atoms with Crippen LogP contribution < -0.4 is 30.5 Å². The van der Waals surface area contributed by atoms with Crippen LogP contribution in [0, 0.1) is 0 Å². The number of aromatic nitrogens is 3. The van der Waals surface area contributed by atoms with Crippen LogP contribution in [0.3, 0.4) is 0 Å². The molecule has 0 saturated heterocycles. The molecule has 382 valence electrons. The van der Waals surface area contributed by atoms with Crippen LogP contribution in [0.1, 0.15) is 48.2 Å². The van der Waals surface area contributed by atoms with Gasteiger partial charge in [-0.15, -0.1) is 0 Å². The number of halogens is 3. The number of rotatable bonds is 19. The monoisotopic (exact) mass is 1190 g/mol. The first-order valence-corrected chi connectivity index (χ1v) is 23.5. The minimum atomic E-state index is -1.72. The minimum absolute atomic E-state index is 0.0677. The van der Waals surface area contributed by atoms with Crippen molar-refractivity contribution in [1.29, 1.82) is 0 Å². The van der Waals surface area contributed by atoms with Gasteiger partial charge in [-0.2, -0.15) is 0 Å². The maximum absolute atomic E-state index is 12.4. The van der Waals surface area contributed by atoms with Gasteiger partial charge in [0.1, 0.15) is 26.1 Å². The SMILES string of the molecule is COC(=O)c1c(OCc2ccccc2)c(=O)c(Br)cn1CC(O)CO.COC(=O)c1c(OCc2ccccc2)c(=O)c(Br)cn1CC(O)O.COC(=O)c1c(OCc2ccccc2)c(=O)c(Br)cn1CC=O. The first-order valence-electron chi connectivity index (χ1n) is 21.1. The number of methoxy groups -OCH3 is 3. The molecule has 0 aliphatic heterocycles. The number of carbonyl (C=O) groups excluding carboxylic acids is 4.